The molecule has 0 aliphatic rings. The van der Waals surface area contributed by atoms with Crippen molar-refractivity contribution in [2.75, 3.05) is 20.3 Å². The van der Waals surface area contributed by atoms with Crippen LogP contribution < -0.4 is 20.2 Å². The highest BCUT2D eigenvalue weighted by Gasteiger charge is 2.20. The van der Waals surface area contributed by atoms with Gasteiger partial charge in [0, 0.05) is 12.6 Å². The first-order valence-corrected chi connectivity index (χ1v) is 11.5. The number of halogens is 2. The molecule has 7 nitrogen and oxygen atoms in total. The van der Waals surface area contributed by atoms with Gasteiger partial charge in [-0.3, -0.25) is 4.79 Å². The van der Waals surface area contributed by atoms with Crippen LogP contribution >= 0.6 is 27.5 Å². The van der Waals surface area contributed by atoms with Gasteiger partial charge in [-0.1, -0.05) is 17.7 Å². The van der Waals surface area contributed by atoms with Crippen LogP contribution in [0.25, 0.3) is 22.3 Å². The molecule has 176 valence electrons. The zero-order chi connectivity index (χ0) is 24.2. The number of amides is 1. The molecule has 1 N–H and O–H groups in total. The lowest BCUT2D eigenvalue weighted by atomic mass is 10.1. The van der Waals surface area contributed by atoms with E-state index in [1.165, 1.54) is 13.2 Å². The third-order valence-corrected chi connectivity index (χ3v) is 5.40. The van der Waals surface area contributed by atoms with E-state index >= 15 is 0 Å². The molecule has 0 atom stereocenters. The average molecular weight is 539 g/mol. The molecular weight excluding hydrogens is 514 g/mol. The number of hydrogen-bond donors (Lipinski definition) is 1. The second-order valence-electron chi connectivity index (χ2n) is 8.18. The zero-order valence-electron chi connectivity index (χ0n) is 18.8. The number of hydrogen-bond acceptors (Lipinski definition) is 6. The first kappa shape index (κ1) is 24.9. The molecule has 1 heterocycles. The number of para-hydroxylation sites is 1. The van der Waals surface area contributed by atoms with E-state index < -0.39 is 11.7 Å². The molecule has 1 aromatic heterocycles. The van der Waals surface area contributed by atoms with Crippen LogP contribution in [-0.2, 0) is 4.74 Å². The van der Waals surface area contributed by atoms with E-state index in [9.17, 15) is 9.59 Å². The van der Waals surface area contributed by atoms with E-state index in [4.69, 9.17) is 30.2 Å². The van der Waals surface area contributed by atoms with E-state index in [-0.39, 0.29) is 5.43 Å². The highest BCUT2D eigenvalue weighted by Crippen LogP contribution is 2.43. The Balaban J connectivity index is 1.79. The molecule has 9 heteroatoms. The molecule has 1 amide bonds. The van der Waals surface area contributed by atoms with Crippen LogP contribution in [0.2, 0.25) is 5.02 Å². The van der Waals surface area contributed by atoms with Crippen LogP contribution in [-0.4, -0.2) is 32.0 Å². The predicted octanol–water partition coefficient (Wildman–Crippen LogP) is 6.18. The van der Waals surface area contributed by atoms with Crippen molar-refractivity contribution in [3.8, 4) is 22.8 Å². The summed E-state index contributed by atoms with van der Waals surface area (Å²) in [5.74, 6) is 1.16. The summed E-state index contributed by atoms with van der Waals surface area (Å²) in [5, 5.41) is 3.43. The average Bonchev–Trinajstić information content (AvgIpc) is 2.73. The van der Waals surface area contributed by atoms with Gasteiger partial charge in [0.2, 0.25) is 0 Å². The third kappa shape index (κ3) is 6.21. The van der Waals surface area contributed by atoms with Gasteiger partial charge in [-0.25, -0.2) is 4.79 Å². The number of alkyl carbamates (subject to hydrolysis) is 1. The molecule has 0 bridgehead atoms. The second-order valence-corrected chi connectivity index (χ2v) is 9.44. The van der Waals surface area contributed by atoms with Gasteiger partial charge in [0.1, 0.15) is 11.4 Å². The van der Waals surface area contributed by atoms with E-state index in [0.717, 1.165) is 0 Å². The molecule has 0 spiro atoms. The Morgan fingerprint density at radius 3 is 2.64 bits per heavy atom. The van der Waals surface area contributed by atoms with Crippen LogP contribution in [0.15, 0.2) is 50.1 Å². The van der Waals surface area contributed by atoms with Gasteiger partial charge >= 0.3 is 6.09 Å². The van der Waals surface area contributed by atoms with Crippen molar-refractivity contribution in [1.82, 2.24) is 5.32 Å². The van der Waals surface area contributed by atoms with Crippen molar-refractivity contribution in [3.63, 3.8) is 0 Å². The topological polar surface area (TPSA) is 87.0 Å². The maximum Gasteiger partial charge on any atom is 0.407 e. The molecule has 0 saturated carbocycles. The lowest BCUT2D eigenvalue weighted by Crippen LogP contribution is -2.33. The van der Waals surface area contributed by atoms with Gasteiger partial charge in [-0.2, -0.15) is 0 Å². The Bertz CT molecular complexity index is 1220. The number of carbonyl (C=O) groups is 1. The lowest BCUT2D eigenvalue weighted by Gasteiger charge is -2.19. The first-order valence-electron chi connectivity index (χ1n) is 10.3. The fourth-order valence-corrected chi connectivity index (χ4v) is 3.74. The molecule has 0 unspecified atom stereocenters. The smallest absolute Gasteiger partial charge is 0.407 e. The highest BCUT2D eigenvalue weighted by atomic mass is 79.9. The van der Waals surface area contributed by atoms with Crippen LogP contribution in [0.1, 0.15) is 27.2 Å². The minimum Gasteiger partial charge on any atom is -0.492 e. The quantitative estimate of drug-likeness (QED) is 0.362. The fraction of sp³-hybridized carbons (Fsp3) is 0.333. The minimum absolute atomic E-state index is 0.214. The fourth-order valence-electron chi connectivity index (χ4n) is 3.10. The van der Waals surface area contributed by atoms with Crippen LogP contribution in [0, 0.1) is 0 Å². The maximum absolute atomic E-state index is 12.6. The van der Waals surface area contributed by atoms with Crippen molar-refractivity contribution in [3.05, 3.63) is 56.1 Å². The summed E-state index contributed by atoms with van der Waals surface area (Å²) in [4.78, 5) is 24.4. The summed E-state index contributed by atoms with van der Waals surface area (Å²) in [6, 6.07) is 9.97. The van der Waals surface area contributed by atoms with Gasteiger partial charge < -0.3 is 23.9 Å². The predicted molar refractivity (Wildman–Crippen MR) is 132 cm³/mol. The maximum atomic E-state index is 12.6. The molecule has 0 saturated heterocycles. The van der Waals surface area contributed by atoms with Crippen molar-refractivity contribution in [2.45, 2.75) is 32.8 Å². The number of ether oxygens (including phenoxy) is 3. The van der Waals surface area contributed by atoms with Crippen LogP contribution in [0.3, 0.4) is 0 Å². The Labute approximate surface area is 205 Å². The van der Waals surface area contributed by atoms with Crippen LogP contribution in [0.4, 0.5) is 4.79 Å². The minimum atomic E-state index is -0.554. The summed E-state index contributed by atoms with van der Waals surface area (Å²) < 4.78 is 23.4. The lowest BCUT2D eigenvalue weighted by molar-refractivity contribution is 0.0525. The zero-order valence-corrected chi connectivity index (χ0v) is 21.1. The van der Waals surface area contributed by atoms with E-state index in [0.29, 0.717) is 62.9 Å². The Hall–Kier alpha value is -2.71. The van der Waals surface area contributed by atoms with E-state index in [2.05, 4.69) is 21.2 Å². The molecular formula is C24H25BrClNO6. The van der Waals surface area contributed by atoms with E-state index in [1.807, 2.05) is 0 Å². The highest BCUT2D eigenvalue weighted by molar-refractivity contribution is 9.10. The number of methoxy groups -OCH3 is 1. The van der Waals surface area contributed by atoms with Gasteiger partial charge in [-0.05, 0) is 67.4 Å². The largest absolute Gasteiger partial charge is 0.492 e. The molecule has 33 heavy (non-hydrogen) atoms. The van der Waals surface area contributed by atoms with Gasteiger partial charge in [0.25, 0.3) is 0 Å². The number of fused-ring (bicyclic) bond motifs is 1. The molecule has 0 aliphatic carbocycles. The molecule has 3 aromatic rings. The number of rotatable bonds is 7. The van der Waals surface area contributed by atoms with Crippen LogP contribution in [0.5, 0.6) is 11.5 Å². The third-order valence-electron chi connectivity index (χ3n) is 4.48. The van der Waals surface area contributed by atoms with Crippen molar-refractivity contribution >= 4 is 44.6 Å². The van der Waals surface area contributed by atoms with Gasteiger partial charge in [-0.15, -0.1) is 0 Å². The SMILES string of the molecule is COc1c(-c2cc(=O)c3cccc(Cl)c3o2)ccc(Br)c1OCCCNC(=O)OC(C)(C)C. The summed E-state index contributed by atoms with van der Waals surface area (Å²) in [5.41, 5.74) is 0.0829. The number of benzene rings is 2. The molecule has 2 aromatic carbocycles. The van der Waals surface area contributed by atoms with Crippen molar-refractivity contribution < 1.29 is 23.4 Å². The first-order chi connectivity index (χ1) is 15.6. The monoisotopic (exact) mass is 537 g/mol. The summed E-state index contributed by atoms with van der Waals surface area (Å²) in [6.45, 7) is 6.10. The normalized spacial score (nSPS) is 11.3. The summed E-state index contributed by atoms with van der Waals surface area (Å²) in [6.07, 6.45) is 0.0629. The number of carbonyl (C=O) groups excluding carboxylic acids is 1. The standard InChI is InChI=1S/C24H25BrClNO6/c1-24(2,3)33-23(29)27-11-6-12-31-22-16(25)10-9-15(21(22)30-4)19-13-18(28)14-7-5-8-17(26)20(14)32-19/h5,7-10,13H,6,11-12H2,1-4H3,(H,27,29). The van der Waals surface area contributed by atoms with Crippen molar-refractivity contribution in [1.29, 1.82) is 0 Å². The van der Waals surface area contributed by atoms with Gasteiger partial charge in [0.05, 0.1) is 34.2 Å². The van der Waals surface area contributed by atoms with Crippen molar-refractivity contribution in [2.24, 2.45) is 0 Å². The summed E-state index contributed by atoms with van der Waals surface area (Å²) in [7, 11) is 1.51. The summed E-state index contributed by atoms with van der Waals surface area (Å²) >= 11 is 9.72. The molecule has 0 radical (unpaired) electrons. The Morgan fingerprint density at radius 2 is 1.94 bits per heavy atom. The van der Waals surface area contributed by atoms with E-state index in [1.54, 1.807) is 51.1 Å². The van der Waals surface area contributed by atoms with Gasteiger partial charge in [0.15, 0.2) is 22.5 Å². The Kier molecular flexibility index (Phi) is 7.92. The molecule has 3 rings (SSSR count). The molecule has 0 aliphatic heterocycles. The number of nitrogens with one attached hydrogen (secondary N) is 1. The molecule has 0 fully saturated rings. The Morgan fingerprint density at radius 1 is 1.18 bits per heavy atom. The second kappa shape index (κ2) is 10.5.